The van der Waals surface area contributed by atoms with Crippen LogP contribution in [0.15, 0.2) is 24.3 Å². The summed E-state index contributed by atoms with van der Waals surface area (Å²) in [5.41, 5.74) is 0.669. The molecule has 0 saturated carbocycles. The van der Waals surface area contributed by atoms with E-state index in [-0.39, 0.29) is 17.9 Å². The summed E-state index contributed by atoms with van der Waals surface area (Å²) in [6.07, 6.45) is 3.21. The Balaban J connectivity index is 1.97. The van der Waals surface area contributed by atoms with Gasteiger partial charge in [0.25, 0.3) is 0 Å². The molecule has 0 spiro atoms. The highest BCUT2D eigenvalue weighted by atomic mass is 19.1. The Labute approximate surface area is 94.1 Å². The lowest BCUT2D eigenvalue weighted by molar-refractivity contribution is -0.120. The van der Waals surface area contributed by atoms with E-state index in [1.165, 1.54) is 6.07 Å². The van der Waals surface area contributed by atoms with E-state index in [9.17, 15) is 9.18 Å². The average Bonchev–Trinajstić information content (AvgIpc) is 2.53. The highest BCUT2D eigenvalue weighted by Crippen LogP contribution is 2.38. The Morgan fingerprint density at radius 3 is 2.38 bits per heavy atom. The summed E-state index contributed by atoms with van der Waals surface area (Å²) in [6.45, 7) is 0. The van der Waals surface area contributed by atoms with Crippen LogP contribution in [0.4, 0.5) is 10.1 Å². The maximum atomic E-state index is 13.7. The molecular formula is C13H14FNO. The van der Waals surface area contributed by atoms with Crippen molar-refractivity contribution < 1.29 is 9.18 Å². The molecule has 2 fully saturated rings. The van der Waals surface area contributed by atoms with Gasteiger partial charge in [0.1, 0.15) is 11.6 Å². The maximum absolute atomic E-state index is 13.7. The number of para-hydroxylation sites is 1. The highest BCUT2D eigenvalue weighted by molar-refractivity contribution is 5.83. The summed E-state index contributed by atoms with van der Waals surface area (Å²) in [7, 11) is 0. The monoisotopic (exact) mass is 219 g/mol. The van der Waals surface area contributed by atoms with Gasteiger partial charge in [-0.2, -0.15) is 0 Å². The number of benzene rings is 1. The van der Waals surface area contributed by atoms with Crippen molar-refractivity contribution in [1.29, 1.82) is 0 Å². The molecular weight excluding hydrogens is 205 g/mol. The molecule has 2 heterocycles. The predicted molar refractivity (Wildman–Crippen MR) is 59.9 cm³/mol. The second kappa shape index (κ2) is 3.58. The molecule has 2 nitrogen and oxygen atoms in total. The fourth-order valence-corrected chi connectivity index (χ4v) is 3.03. The van der Waals surface area contributed by atoms with Crippen LogP contribution in [0, 0.1) is 5.82 Å². The van der Waals surface area contributed by atoms with Gasteiger partial charge in [0.05, 0.1) is 5.69 Å². The minimum Gasteiger partial charge on any atom is -0.362 e. The first-order valence-corrected chi connectivity index (χ1v) is 5.80. The number of piperidine rings is 1. The molecule has 0 aromatic heterocycles. The maximum Gasteiger partial charge on any atom is 0.146 e. The molecule has 1 aromatic rings. The van der Waals surface area contributed by atoms with E-state index < -0.39 is 0 Å². The van der Waals surface area contributed by atoms with Crippen molar-refractivity contribution in [1.82, 2.24) is 0 Å². The Hall–Kier alpha value is -1.38. The normalized spacial score (nSPS) is 28.6. The van der Waals surface area contributed by atoms with Crippen LogP contribution in [0.1, 0.15) is 25.7 Å². The zero-order chi connectivity index (χ0) is 11.1. The first kappa shape index (κ1) is 9.82. The molecule has 0 N–H and O–H groups in total. The van der Waals surface area contributed by atoms with E-state index in [1.807, 2.05) is 12.1 Å². The predicted octanol–water partition coefficient (Wildman–Crippen LogP) is 2.53. The summed E-state index contributed by atoms with van der Waals surface area (Å²) in [5, 5.41) is 0. The van der Waals surface area contributed by atoms with Gasteiger partial charge in [0.2, 0.25) is 0 Å². The van der Waals surface area contributed by atoms with Crippen molar-refractivity contribution in [2.24, 2.45) is 0 Å². The standard InChI is InChI=1S/C13H14FNO/c14-12-3-1-2-4-13(12)15-9-5-6-10(15)8-11(16)7-9/h1-4,9-10H,5-8H2. The number of carbonyl (C=O) groups is 1. The van der Waals surface area contributed by atoms with Gasteiger partial charge in [0, 0.05) is 24.9 Å². The number of anilines is 1. The molecule has 0 aliphatic carbocycles. The quantitative estimate of drug-likeness (QED) is 0.723. The molecule has 0 radical (unpaired) electrons. The van der Waals surface area contributed by atoms with E-state index in [1.54, 1.807) is 6.07 Å². The second-order valence-electron chi connectivity index (χ2n) is 4.69. The third kappa shape index (κ3) is 1.42. The van der Waals surface area contributed by atoms with Crippen LogP contribution in [0.25, 0.3) is 0 Å². The number of hydrogen-bond donors (Lipinski definition) is 0. The van der Waals surface area contributed by atoms with E-state index in [4.69, 9.17) is 0 Å². The van der Waals surface area contributed by atoms with Crippen molar-refractivity contribution >= 4 is 11.5 Å². The largest absolute Gasteiger partial charge is 0.362 e. The van der Waals surface area contributed by atoms with Crippen molar-refractivity contribution in [3.63, 3.8) is 0 Å². The Bertz CT molecular complexity index is 416. The van der Waals surface area contributed by atoms with Gasteiger partial charge in [0.15, 0.2) is 0 Å². The van der Waals surface area contributed by atoms with Crippen LogP contribution < -0.4 is 4.90 Å². The van der Waals surface area contributed by atoms with Gasteiger partial charge in [-0.1, -0.05) is 12.1 Å². The Morgan fingerprint density at radius 2 is 1.75 bits per heavy atom. The smallest absolute Gasteiger partial charge is 0.146 e. The minimum absolute atomic E-state index is 0.172. The van der Waals surface area contributed by atoms with Gasteiger partial charge >= 0.3 is 0 Å². The summed E-state index contributed by atoms with van der Waals surface area (Å²) in [4.78, 5) is 13.6. The molecule has 3 rings (SSSR count). The zero-order valence-electron chi connectivity index (χ0n) is 9.03. The Kier molecular flexibility index (Phi) is 2.20. The molecule has 2 bridgehead atoms. The SMILES string of the molecule is O=C1CC2CCC(C1)N2c1ccccc1F. The first-order chi connectivity index (χ1) is 7.75. The van der Waals surface area contributed by atoms with Crippen LogP contribution in [0.3, 0.4) is 0 Å². The molecule has 2 saturated heterocycles. The molecule has 1 aromatic carbocycles. The van der Waals surface area contributed by atoms with Crippen LogP contribution >= 0.6 is 0 Å². The fourth-order valence-electron chi connectivity index (χ4n) is 3.03. The van der Waals surface area contributed by atoms with Gasteiger partial charge in [-0.3, -0.25) is 4.79 Å². The highest BCUT2D eigenvalue weighted by Gasteiger charge is 2.40. The zero-order valence-corrected chi connectivity index (χ0v) is 9.03. The molecule has 16 heavy (non-hydrogen) atoms. The van der Waals surface area contributed by atoms with Gasteiger partial charge in [-0.25, -0.2) is 4.39 Å². The number of rotatable bonds is 1. The first-order valence-electron chi connectivity index (χ1n) is 5.80. The van der Waals surface area contributed by atoms with Gasteiger partial charge < -0.3 is 4.90 Å². The van der Waals surface area contributed by atoms with Crippen LogP contribution in [-0.4, -0.2) is 17.9 Å². The molecule has 2 aliphatic heterocycles. The van der Waals surface area contributed by atoms with Crippen molar-refractivity contribution in [2.75, 3.05) is 4.90 Å². The van der Waals surface area contributed by atoms with E-state index in [2.05, 4.69) is 4.90 Å². The van der Waals surface area contributed by atoms with Crippen LogP contribution in [0.2, 0.25) is 0 Å². The van der Waals surface area contributed by atoms with Crippen molar-refractivity contribution in [3.8, 4) is 0 Å². The van der Waals surface area contributed by atoms with E-state index in [0.717, 1.165) is 12.8 Å². The minimum atomic E-state index is -0.172. The molecule has 2 unspecified atom stereocenters. The van der Waals surface area contributed by atoms with Crippen molar-refractivity contribution in [3.05, 3.63) is 30.1 Å². The fraction of sp³-hybridized carbons (Fsp3) is 0.462. The number of Topliss-reactive ketones (excluding diaryl/α,β-unsaturated/α-hetero) is 1. The van der Waals surface area contributed by atoms with Gasteiger partial charge in [-0.15, -0.1) is 0 Å². The topological polar surface area (TPSA) is 20.3 Å². The summed E-state index contributed by atoms with van der Waals surface area (Å²) in [5.74, 6) is 0.161. The number of hydrogen-bond acceptors (Lipinski definition) is 2. The van der Waals surface area contributed by atoms with E-state index in [0.29, 0.717) is 24.3 Å². The lowest BCUT2D eigenvalue weighted by Crippen LogP contribution is -2.43. The number of halogens is 1. The number of fused-ring (bicyclic) bond motifs is 2. The Morgan fingerprint density at radius 1 is 1.12 bits per heavy atom. The number of ketones is 1. The second-order valence-corrected chi connectivity index (χ2v) is 4.69. The number of nitrogens with zero attached hydrogens (tertiary/aromatic N) is 1. The lowest BCUT2D eigenvalue weighted by atomic mass is 10.0. The summed E-state index contributed by atoms with van der Waals surface area (Å²) in [6, 6.07) is 7.32. The number of carbonyl (C=O) groups excluding carboxylic acids is 1. The van der Waals surface area contributed by atoms with Crippen LogP contribution in [-0.2, 0) is 4.79 Å². The third-order valence-electron chi connectivity index (χ3n) is 3.68. The van der Waals surface area contributed by atoms with Gasteiger partial charge in [-0.05, 0) is 25.0 Å². The molecule has 0 amide bonds. The molecule has 2 atom stereocenters. The molecule has 84 valence electrons. The van der Waals surface area contributed by atoms with E-state index >= 15 is 0 Å². The lowest BCUT2D eigenvalue weighted by Gasteiger charge is -2.36. The molecule has 2 aliphatic rings. The summed E-state index contributed by atoms with van der Waals surface area (Å²) >= 11 is 0. The third-order valence-corrected chi connectivity index (χ3v) is 3.68. The summed E-state index contributed by atoms with van der Waals surface area (Å²) < 4.78 is 13.7. The van der Waals surface area contributed by atoms with Crippen LogP contribution in [0.5, 0.6) is 0 Å². The average molecular weight is 219 g/mol. The van der Waals surface area contributed by atoms with Crippen molar-refractivity contribution in [2.45, 2.75) is 37.8 Å². The molecule has 3 heteroatoms.